The lowest BCUT2D eigenvalue weighted by Crippen LogP contribution is -2.34. The average Bonchev–Trinajstić information content (AvgIpc) is 2.89. The highest BCUT2D eigenvalue weighted by molar-refractivity contribution is 14.1. The molecule has 0 bridgehead atoms. The van der Waals surface area contributed by atoms with E-state index in [0.717, 1.165) is 0 Å². The normalized spacial score (nSPS) is 11.5. The molecular formula is C21H20IN2+. The minimum Gasteiger partial charge on any atom is -0.236 e. The number of para-hydroxylation sites is 1. The van der Waals surface area contributed by atoms with E-state index in [1.807, 2.05) is 0 Å². The molecule has 3 heteroatoms. The number of hydrogen-bond acceptors (Lipinski definition) is 0. The van der Waals surface area contributed by atoms with Crippen molar-refractivity contribution in [3.8, 4) is 5.82 Å². The number of rotatable bonds is 1. The van der Waals surface area contributed by atoms with E-state index >= 15 is 0 Å². The Balaban J connectivity index is 2.26. The van der Waals surface area contributed by atoms with Crippen molar-refractivity contribution in [2.24, 2.45) is 7.05 Å². The summed E-state index contributed by atoms with van der Waals surface area (Å²) >= 11 is 2.43. The molecule has 0 radical (unpaired) electrons. The van der Waals surface area contributed by atoms with Crippen LogP contribution >= 0.6 is 22.6 Å². The van der Waals surface area contributed by atoms with Crippen molar-refractivity contribution in [2.75, 3.05) is 0 Å². The van der Waals surface area contributed by atoms with Gasteiger partial charge in [0.25, 0.3) is 5.82 Å². The standard InChI is InChI=1S/C21H20IN2/c1-13-11-20(23(4)12-14(13)2)24-19-8-6-5-7-16(19)17-9-10-18(22)15(3)21(17)24/h5-12H,1-4H3/q+1. The van der Waals surface area contributed by atoms with Crippen molar-refractivity contribution in [1.82, 2.24) is 4.57 Å². The van der Waals surface area contributed by atoms with E-state index in [1.165, 1.54) is 47.9 Å². The molecule has 0 saturated carbocycles. The maximum atomic E-state index is 2.43. The highest BCUT2D eigenvalue weighted by Gasteiger charge is 2.23. The van der Waals surface area contributed by atoms with Crippen LogP contribution in [0.5, 0.6) is 0 Å². The van der Waals surface area contributed by atoms with Gasteiger partial charge in [-0.25, -0.2) is 4.57 Å². The molecule has 2 nitrogen and oxygen atoms in total. The first-order valence-electron chi connectivity index (χ1n) is 8.14. The molecule has 120 valence electrons. The lowest BCUT2D eigenvalue weighted by Gasteiger charge is -2.08. The summed E-state index contributed by atoms with van der Waals surface area (Å²) in [5.41, 5.74) is 6.53. The van der Waals surface area contributed by atoms with Crippen LogP contribution in [0.2, 0.25) is 0 Å². The summed E-state index contributed by atoms with van der Waals surface area (Å²) in [6, 6.07) is 15.5. The van der Waals surface area contributed by atoms with Gasteiger partial charge in [-0.15, -0.1) is 0 Å². The maximum absolute atomic E-state index is 2.43. The molecule has 2 aromatic carbocycles. The van der Waals surface area contributed by atoms with Crippen molar-refractivity contribution in [1.29, 1.82) is 0 Å². The molecular weight excluding hydrogens is 407 g/mol. The summed E-state index contributed by atoms with van der Waals surface area (Å²) in [5, 5.41) is 2.63. The molecule has 0 unspecified atom stereocenters. The second-order valence-electron chi connectivity index (χ2n) is 6.53. The van der Waals surface area contributed by atoms with E-state index in [1.54, 1.807) is 0 Å². The zero-order valence-corrected chi connectivity index (χ0v) is 16.5. The third kappa shape index (κ3) is 2.18. The summed E-state index contributed by atoms with van der Waals surface area (Å²) < 4.78 is 5.94. The third-order valence-electron chi connectivity index (χ3n) is 4.97. The molecule has 0 aliphatic carbocycles. The van der Waals surface area contributed by atoms with Crippen LogP contribution in [0.4, 0.5) is 0 Å². The summed E-state index contributed by atoms with van der Waals surface area (Å²) in [6.45, 7) is 6.57. The van der Waals surface area contributed by atoms with Crippen molar-refractivity contribution in [2.45, 2.75) is 20.8 Å². The summed E-state index contributed by atoms with van der Waals surface area (Å²) in [5.74, 6) is 1.20. The zero-order valence-electron chi connectivity index (χ0n) is 14.4. The number of benzene rings is 2. The van der Waals surface area contributed by atoms with Gasteiger partial charge in [0.15, 0.2) is 0 Å². The van der Waals surface area contributed by atoms with Gasteiger partial charge in [0, 0.05) is 26.0 Å². The molecule has 4 aromatic rings. The van der Waals surface area contributed by atoms with E-state index in [9.17, 15) is 0 Å². The van der Waals surface area contributed by atoms with E-state index in [-0.39, 0.29) is 0 Å². The molecule has 24 heavy (non-hydrogen) atoms. The van der Waals surface area contributed by atoms with Gasteiger partial charge < -0.3 is 0 Å². The van der Waals surface area contributed by atoms with Gasteiger partial charge in [0.05, 0.1) is 13.2 Å². The molecule has 0 amide bonds. The van der Waals surface area contributed by atoms with Crippen molar-refractivity contribution in [3.63, 3.8) is 0 Å². The number of aryl methyl sites for hydroxylation is 4. The predicted molar refractivity (Wildman–Crippen MR) is 109 cm³/mol. The largest absolute Gasteiger partial charge is 0.286 e. The monoisotopic (exact) mass is 427 g/mol. The molecule has 0 N–H and O–H groups in total. The van der Waals surface area contributed by atoms with Crippen molar-refractivity contribution < 1.29 is 4.57 Å². The molecule has 0 atom stereocenters. The number of nitrogens with zero attached hydrogens (tertiary/aromatic N) is 2. The Labute approximate surface area is 155 Å². The van der Waals surface area contributed by atoms with Crippen LogP contribution in [0.15, 0.2) is 48.7 Å². The predicted octanol–water partition coefficient (Wildman–Crippen LogP) is 5.14. The average molecular weight is 427 g/mol. The zero-order chi connectivity index (χ0) is 17.0. The third-order valence-corrected chi connectivity index (χ3v) is 6.14. The van der Waals surface area contributed by atoms with Crippen LogP contribution in [0.1, 0.15) is 16.7 Å². The Kier molecular flexibility index (Phi) is 3.64. The van der Waals surface area contributed by atoms with Gasteiger partial charge in [-0.1, -0.05) is 12.1 Å². The number of pyridine rings is 1. The minimum absolute atomic E-state index is 1.20. The highest BCUT2D eigenvalue weighted by atomic mass is 127. The quantitative estimate of drug-likeness (QED) is 0.294. The van der Waals surface area contributed by atoms with Crippen LogP contribution in [-0.4, -0.2) is 4.57 Å². The lowest BCUT2D eigenvalue weighted by molar-refractivity contribution is -0.665. The van der Waals surface area contributed by atoms with Crippen LogP contribution < -0.4 is 4.57 Å². The fourth-order valence-corrected chi connectivity index (χ4v) is 3.96. The Morgan fingerprint density at radius 3 is 2.46 bits per heavy atom. The fraction of sp³-hybridized carbons (Fsp3) is 0.190. The first-order valence-corrected chi connectivity index (χ1v) is 9.22. The van der Waals surface area contributed by atoms with Gasteiger partial charge in [-0.05, 0) is 78.8 Å². The van der Waals surface area contributed by atoms with Crippen molar-refractivity contribution in [3.05, 3.63) is 68.9 Å². The van der Waals surface area contributed by atoms with E-state index < -0.39 is 0 Å². The van der Waals surface area contributed by atoms with E-state index in [0.29, 0.717) is 0 Å². The number of aromatic nitrogens is 2. The van der Waals surface area contributed by atoms with Crippen LogP contribution in [0.25, 0.3) is 27.6 Å². The lowest BCUT2D eigenvalue weighted by atomic mass is 10.1. The first-order chi connectivity index (χ1) is 11.5. The van der Waals surface area contributed by atoms with E-state index in [4.69, 9.17) is 0 Å². The Morgan fingerprint density at radius 2 is 1.67 bits per heavy atom. The summed E-state index contributed by atoms with van der Waals surface area (Å²) in [6.07, 6.45) is 2.22. The van der Waals surface area contributed by atoms with Crippen LogP contribution in [-0.2, 0) is 7.05 Å². The molecule has 0 spiro atoms. The second-order valence-corrected chi connectivity index (χ2v) is 7.69. The fourth-order valence-electron chi connectivity index (χ4n) is 3.53. The first kappa shape index (κ1) is 15.6. The van der Waals surface area contributed by atoms with Gasteiger partial charge in [-0.2, -0.15) is 4.57 Å². The van der Waals surface area contributed by atoms with Crippen LogP contribution in [0, 0.1) is 24.3 Å². The van der Waals surface area contributed by atoms with Gasteiger partial charge in [0.2, 0.25) is 0 Å². The highest BCUT2D eigenvalue weighted by Crippen LogP contribution is 2.34. The molecule has 0 aliphatic heterocycles. The Bertz CT molecular complexity index is 1110. The van der Waals surface area contributed by atoms with Crippen LogP contribution in [0.3, 0.4) is 0 Å². The Morgan fingerprint density at radius 1 is 0.917 bits per heavy atom. The van der Waals surface area contributed by atoms with Gasteiger partial charge in [0.1, 0.15) is 11.0 Å². The molecule has 0 aliphatic rings. The van der Waals surface area contributed by atoms with Gasteiger partial charge in [-0.3, -0.25) is 0 Å². The van der Waals surface area contributed by atoms with Crippen molar-refractivity contribution >= 4 is 44.4 Å². The topological polar surface area (TPSA) is 8.81 Å². The second kappa shape index (κ2) is 5.59. The van der Waals surface area contributed by atoms with E-state index in [2.05, 4.69) is 108 Å². The molecule has 0 fully saturated rings. The van der Waals surface area contributed by atoms with Gasteiger partial charge >= 0.3 is 0 Å². The number of fused-ring (bicyclic) bond motifs is 3. The minimum atomic E-state index is 1.20. The maximum Gasteiger partial charge on any atom is 0.286 e. The summed E-state index contributed by atoms with van der Waals surface area (Å²) in [7, 11) is 2.13. The molecule has 0 saturated heterocycles. The summed E-state index contributed by atoms with van der Waals surface area (Å²) in [4.78, 5) is 0. The Hall–Kier alpha value is -1.88. The smallest absolute Gasteiger partial charge is 0.236 e. The molecule has 2 heterocycles. The molecule has 2 aromatic heterocycles. The number of hydrogen-bond donors (Lipinski definition) is 0. The molecule has 4 rings (SSSR count). The number of halogens is 1. The SMILES string of the molecule is Cc1cc(-n2c3ccccc3c3ccc(I)c(C)c32)[n+](C)cc1C.